The van der Waals surface area contributed by atoms with Crippen LogP contribution in [0.3, 0.4) is 0 Å². The van der Waals surface area contributed by atoms with Crippen LogP contribution in [-0.4, -0.2) is 34.7 Å². The highest BCUT2D eigenvalue weighted by molar-refractivity contribution is 5.79. The van der Waals surface area contributed by atoms with Gasteiger partial charge < -0.3 is 10.6 Å². The molecule has 0 saturated heterocycles. The lowest BCUT2D eigenvalue weighted by Gasteiger charge is -2.16. The Morgan fingerprint density at radius 2 is 2.11 bits per heavy atom. The first kappa shape index (κ1) is 13.1. The van der Waals surface area contributed by atoms with E-state index < -0.39 is 0 Å². The van der Waals surface area contributed by atoms with Crippen LogP contribution >= 0.6 is 0 Å². The van der Waals surface area contributed by atoms with Gasteiger partial charge in [-0.2, -0.15) is 5.10 Å². The zero-order valence-electron chi connectivity index (χ0n) is 11.4. The van der Waals surface area contributed by atoms with Gasteiger partial charge in [-0.1, -0.05) is 12.1 Å². The van der Waals surface area contributed by atoms with Crippen molar-refractivity contribution in [1.29, 1.82) is 0 Å². The number of amides is 1. The van der Waals surface area contributed by atoms with Crippen molar-refractivity contribution in [3.05, 3.63) is 36.7 Å². The van der Waals surface area contributed by atoms with Crippen molar-refractivity contribution in [2.45, 2.75) is 13.0 Å². The van der Waals surface area contributed by atoms with Crippen molar-refractivity contribution in [2.75, 3.05) is 19.8 Å². The second kappa shape index (κ2) is 5.14. The molecule has 0 aliphatic rings. The Balaban J connectivity index is 2.27. The van der Waals surface area contributed by atoms with E-state index in [-0.39, 0.29) is 11.9 Å². The van der Waals surface area contributed by atoms with E-state index in [9.17, 15) is 4.79 Å². The lowest BCUT2D eigenvalue weighted by Crippen LogP contribution is -2.30. The standard InChI is InChI=1S/C14H18N4O/c1-10(14(19)17(2)3)18-9-12(8-16-18)11-5-4-6-13(15)7-11/h4-10H,15H2,1-3H3. The van der Waals surface area contributed by atoms with Crippen molar-refractivity contribution in [3.8, 4) is 11.1 Å². The zero-order valence-corrected chi connectivity index (χ0v) is 11.4. The first-order valence-electron chi connectivity index (χ1n) is 6.10. The summed E-state index contributed by atoms with van der Waals surface area (Å²) >= 11 is 0. The van der Waals surface area contributed by atoms with Crippen LogP contribution in [0.15, 0.2) is 36.7 Å². The summed E-state index contributed by atoms with van der Waals surface area (Å²) in [5, 5.41) is 4.25. The van der Waals surface area contributed by atoms with Crippen LogP contribution in [0.1, 0.15) is 13.0 Å². The second-order valence-corrected chi connectivity index (χ2v) is 4.74. The number of likely N-dealkylation sites (N-methyl/N-ethyl adjacent to an activating group) is 1. The Morgan fingerprint density at radius 1 is 1.37 bits per heavy atom. The van der Waals surface area contributed by atoms with Crippen LogP contribution in [0.5, 0.6) is 0 Å². The van der Waals surface area contributed by atoms with E-state index in [2.05, 4.69) is 5.10 Å². The van der Waals surface area contributed by atoms with Crippen molar-refractivity contribution < 1.29 is 4.79 Å². The van der Waals surface area contributed by atoms with Crippen molar-refractivity contribution >= 4 is 11.6 Å². The number of carbonyl (C=O) groups excluding carboxylic acids is 1. The Kier molecular flexibility index (Phi) is 3.55. The summed E-state index contributed by atoms with van der Waals surface area (Å²) in [7, 11) is 3.47. The molecule has 1 amide bonds. The number of aromatic nitrogens is 2. The van der Waals surface area contributed by atoms with Gasteiger partial charge in [0.05, 0.1) is 6.20 Å². The Hall–Kier alpha value is -2.30. The number of hydrogen-bond donors (Lipinski definition) is 1. The van der Waals surface area contributed by atoms with E-state index in [4.69, 9.17) is 5.73 Å². The molecule has 1 atom stereocenters. The number of nitrogens with two attached hydrogens (primary N) is 1. The first-order valence-corrected chi connectivity index (χ1v) is 6.10. The Bertz CT molecular complexity index is 589. The molecule has 0 aliphatic carbocycles. The van der Waals surface area contributed by atoms with Gasteiger partial charge in [0.2, 0.25) is 5.91 Å². The Morgan fingerprint density at radius 3 is 2.74 bits per heavy atom. The van der Waals surface area contributed by atoms with Gasteiger partial charge in [-0.05, 0) is 24.6 Å². The van der Waals surface area contributed by atoms with Gasteiger partial charge in [-0.15, -0.1) is 0 Å². The molecule has 2 rings (SSSR count). The molecule has 5 heteroatoms. The minimum Gasteiger partial charge on any atom is -0.399 e. The minimum atomic E-state index is -0.315. The fraction of sp³-hybridized carbons (Fsp3) is 0.286. The maximum atomic E-state index is 11.9. The molecule has 1 heterocycles. The number of nitrogens with zero attached hydrogens (tertiary/aromatic N) is 3. The summed E-state index contributed by atoms with van der Waals surface area (Å²) < 4.78 is 1.67. The van der Waals surface area contributed by atoms with Gasteiger partial charge in [0.25, 0.3) is 0 Å². The third-order valence-electron chi connectivity index (χ3n) is 3.02. The first-order chi connectivity index (χ1) is 8.99. The SMILES string of the molecule is CC(C(=O)N(C)C)n1cc(-c2cccc(N)c2)cn1. The predicted molar refractivity (Wildman–Crippen MR) is 75.5 cm³/mol. The molecular formula is C14H18N4O. The second-order valence-electron chi connectivity index (χ2n) is 4.74. The normalized spacial score (nSPS) is 12.2. The third-order valence-corrected chi connectivity index (χ3v) is 3.02. The van der Waals surface area contributed by atoms with Crippen LogP contribution in [0.2, 0.25) is 0 Å². The molecule has 5 nitrogen and oxygen atoms in total. The topological polar surface area (TPSA) is 64.2 Å². The number of rotatable bonds is 3. The average molecular weight is 258 g/mol. The molecule has 0 spiro atoms. The summed E-state index contributed by atoms with van der Waals surface area (Å²) in [5.41, 5.74) is 8.42. The number of anilines is 1. The molecule has 1 aromatic carbocycles. The molecule has 0 fully saturated rings. The van der Waals surface area contributed by atoms with E-state index in [0.29, 0.717) is 5.69 Å². The lowest BCUT2D eigenvalue weighted by molar-refractivity contribution is -0.131. The maximum absolute atomic E-state index is 11.9. The molecule has 2 N–H and O–H groups in total. The summed E-state index contributed by atoms with van der Waals surface area (Å²) in [4.78, 5) is 13.5. The van der Waals surface area contributed by atoms with Crippen molar-refractivity contribution in [2.24, 2.45) is 0 Å². The van der Waals surface area contributed by atoms with E-state index >= 15 is 0 Å². The number of nitrogen functional groups attached to an aromatic ring is 1. The van der Waals surface area contributed by atoms with Crippen LogP contribution in [0, 0.1) is 0 Å². The molecule has 0 radical (unpaired) electrons. The quantitative estimate of drug-likeness (QED) is 0.853. The fourth-order valence-electron chi connectivity index (χ4n) is 1.90. The summed E-state index contributed by atoms with van der Waals surface area (Å²) in [5.74, 6) is 0.0159. The summed E-state index contributed by atoms with van der Waals surface area (Å²) in [6, 6.07) is 7.28. The molecule has 0 bridgehead atoms. The van der Waals surface area contributed by atoms with E-state index in [1.807, 2.05) is 37.4 Å². The lowest BCUT2D eigenvalue weighted by atomic mass is 10.1. The smallest absolute Gasteiger partial charge is 0.246 e. The number of benzene rings is 1. The number of carbonyl (C=O) groups is 1. The van der Waals surface area contributed by atoms with Crippen molar-refractivity contribution in [3.63, 3.8) is 0 Å². The minimum absolute atomic E-state index is 0.0159. The van der Waals surface area contributed by atoms with Gasteiger partial charge in [0.1, 0.15) is 6.04 Å². The highest BCUT2D eigenvalue weighted by Gasteiger charge is 2.17. The Labute approximate surface area is 112 Å². The summed E-state index contributed by atoms with van der Waals surface area (Å²) in [6.45, 7) is 1.83. The molecule has 2 aromatic rings. The molecular weight excluding hydrogens is 240 g/mol. The van der Waals surface area contributed by atoms with E-state index in [0.717, 1.165) is 11.1 Å². The average Bonchev–Trinajstić information content (AvgIpc) is 2.86. The monoisotopic (exact) mass is 258 g/mol. The van der Waals surface area contributed by atoms with E-state index in [1.54, 1.807) is 29.9 Å². The highest BCUT2D eigenvalue weighted by Crippen LogP contribution is 2.22. The van der Waals surface area contributed by atoms with Crippen LogP contribution in [-0.2, 0) is 4.79 Å². The van der Waals surface area contributed by atoms with Gasteiger partial charge >= 0.3 is 0 Å². The summed E-state index contributed by atoms with van der Waals surface area (Å²) in [6.07, 6.45) is 3.61. The number of hydrogen-bond acceptors (Lipinski definition) is 3. The molecule has 100 valence electrons. The molecule has 1 aromatic heterocycles. The van der Waals surface area contributed by atoms with Crippen LogP contribution < -0.4 is 5.73 Å². The molecule has 19 heavy (non-hydrogen) atoms. The van der Waals surface area contributed by atoms with E-state index in [1.165, 1.54) is 0 Å². The van der Waals surface area contributed by atoms with Crippen LogP contribution in [0.4, 0.5) is 5.69 Å². The molecule has 1 unspecified atom stereocenters. The van der Waals surface area contributed by atoms with Crippen LogP contribution in [0.25, 0.3) is 11.1 Å². The zero-order chi connectivity index (χ0) is 14.0. The van der Waals surface area contributed by atoms with Gasteiger partial charge in [-0.3, -0.25) is 9.48 Å². The van der Waals surface area contributed by atoms with Gasteiger partial charge in [0.15, 0.2) is 0 Å². The maximum Gasteiger partial charge on any atom is 0.246 e. The molecule has 0 saturated carbocycles. The highest BCUT2D eigenvalue weighted by atomic mass is 16.2. The van der Waals surface area contributed by atoms with Crippen molar-refractivity contribution in [1.82, 2.24) is 14.7 Å². The third kappa shape index (κ3) is 2.76. The van der Waals surface area contributed by atoms with Gasteiger partial charge in [-0.25, -0.2) is 0 Å². The largest absolute Gasteiger partial charge is 0.399 e. The van der Waals surface area contributed by atoms with Gasteiger partial charge in [0, 0.05) is 31.5 Å². The molecule has 0 aliphatic heterocycles. The fourth-order valence-corrected chi connectivity index (χ4v) is 1.90. The predicted octanol–water partition coefficient (Wildman–Crippen LogP) is 1.78.